The predicted octanol–water partition coefficient (Wildman–Crippen LogP) is 1.49. The van der Waals surface area contributed by atoms with Gasteiger partial charge < -0.3 is 10.1 Å². The van der Waals surface area contributed by atoms with Crippen molar-refractivity contribution in [3.05, 3.63) is 29.8 Å². The number of nitriles is 1. The molecular formula is C15H20N2O3S. The summed E-state index contributed by atoms with van der Waals surface area (Å²) in [6.07, 6.45) is 3.53. The third-order valence-corrected chi connectivity index (χ3v) is 5.27. The highest BCUT2D eigenvalue weighted by atomic mass is 32.2. The highest BCUT2D eigenvalue weighted by molar-refractivity contribution is 7.91. The standard InChI is InChI=1S/C15H20N2O3S/c16-11-13-4-6-15(7-5-13)21(18,19)10-8-17-12-14-3-1-2-9-20-14/h4-7,14,17H,1-3,8-10,12H2. The molecule has 0 spiro atoms. The lowest BCUT2D eigenvalue weighted by molar-refractivity contribution is 0.0173. The highest BCUT2D eigenvalue weighted by Gasteiger charge is 2.16. The number of benzene rings is 1. The molecule has 1 heterocycles. The van der Waals surface area contributed by atoms with E-state index in [2.05, 4.69) is 5.32 Å². The summed E-state index contributed by atoms with van der Waals surface area (Å²) in [5.74, 6) is 0.0472. The molecule has 1 N–H and O–H groups in total. The van der Waals surface area contributed by atoms with E-state index in [1.807, 2.05) is 6.07 Å². The third-order valence-electron chi connectivity index (χ3n) is 3.54. The first kappa shape index (κ1) is 16.0. The van der Waals surface area contributed by atoms with Gasteiger partial charge >= 0.3 is 0 Å². The van der Waals surface area contributed by atoms with Crippen molar-refractivity contribution in [2.45, 2.75) is 30.3 Å². The van der Waals surface area contributed by atoms with Crippen LogP contribution in [0.25, 0.3) is 0 Å². The lowest BCUT2D eigenvalue weighted by Gasteiger charge is -2.22. The van der Waals surface area contributed by atoms with E-state index in [0.717, 1.165) is 19.4 Å². The largest absolute Gasteiger partial charge is 0.377 e. The SMILES string of the molecule is N#Cc1ccc(S(=O)(=O)CCNCC2CCCCO2)cc1. The average Bonchev–Trinajstić information content (AvgIpc) is 2.53. The molecule has 2 rings (SSSR count). The summed E-state index contributed by atoms with van der Waals surface area (Å²) in [6.45, 7) is 1.90. The minimum Gasteiger partial charge on any atom is -0.377 e. The summed E-state index contributed by atoms with van der Waals surface area (Å²) in [5, 5.41) is 11.9. The summed E-state index contributed by atoms with van der Waals surface area (Å²) in [6, 6.07) is 7.99. The summed E-state index contributed by atoms with van der Waals surface area (Å²) in [5.41, 5.74) is 0.460. The van der Waals surface area contributed by atoms with Crippen LogP contribution in [0, 0.1) is 11.3 Å². The second-order valence-electron chi connectivity index (χ2n) is 5.15. The van der Waals surface area contributed by atoms with E-state index in [4.69, 9.17) is 10.00 Å². The molecule has 1 unspecified atom stereocenters. The number of nitrogens with one attached hydrogen (secondary N) is 1. The Bertz CT molecular complexity index is 584. The quantitative estimate of drug-likeness (QED) is 0.806. The van der Waals surface area contributed by atoms with Gasteiger partial charge in [0.2, 0.25) is 0 Å². The van der Waals surface area contributed by atoms with Crippen molar-refractivity contribution in [1.29, 1.82) is 5.26 Å². The first-order chi connectivity index (χ1) is 10.1. The van der Waals surface area contributed by atoms with Crippen LogP contribution in [-0.4, -0.2) is 40.0 Å². The van der Waals surface area contributed by atoms with Gasteiger partial charge in [-0.05, 0) is 43.5 Å². The van der Waals surface area contributed by atoms with Gasteiger partial charge in [-0.2, -0.15) is 5.26 Å². The summed E-state index contributed by atoms with van der Waals surface area (Å²) in [7, 11) is -3.30. The Morgan fingerprint density at radius 2 is 2.05 bits per heavy atom. The van der Waals surface area contributed by atoms with E-state index in [1.54, 1.807) is 0 Å². The first-order valence-corrected chi connectivity index (χ1v) is 8.82. The molecule has 114 valence electrons. The summed E-state index contributed by atoms with van der Waals surface area (Å²) < 4.78 is 29.8. The summed E-state index contributed by atoms with van der Waals surface area (Å²) in [4.78, 5) is 0.261. The monoisotopic (exact) mass is 308 g/mol. The van der Waals surface area contributed by atoms with Gasteiger partial charge in [-0.1, -0.05) is 0 Å². The molecule has 1 aromatic rings. The molecule has 0 saturated carbocycles. The molecule has 1 aliphatic heterocycles. The van der Waals surface area contributed by atoms with Gasteiger partial charge in [0.05, 0.1) is 28.4 Å². The second kappa shape index (κ2) is 7.55. The molecule has 0 radical (unpaired) electrons. The van der Waals surface area contributed by atoms with Crippen molar-refractivity contribution < 1.29 is 13.2 Å². The molecule has 1 aromatic carbocycles. The smallest absolute Gasteiger partial charge is 0.179 e. The summed E-state index contributed by atoms with van der Waals surface area (Å²) >= 11 is 0. The van der Waals surface area contributed by atoms with Crippen molar-refractivity contribution >= 4 is 9.84 Å². The van der Waals surface area contributed by atoms with Gasteiger partial charge in [-0.3, -0.25) is 0 Å². The van der Waals surface area contributed by atoms with Gasteiger partial charge in [0, 0.05) is 19.7 Å². The number of hydrogen-bond donors (Lipinski definition) is 1. The molecule has 1 fully saturated rings. The van der Waals surface area contributed by atoms with Gasteiger partial charge in [0.1, 0.15) is 0 Å². The van der Waals surface area contributed by atoms with Crippen LogP contribution in [0.2, 0.25) is 0 Å². The van der Waals surface area contributed by atoms with E-state index in [-0.39, 0.29) is 16.8 Å². The molecule has 5 nitrogen and oxygen atoms in total. The third kappa shape index (κ3) is 4.81. The van der Waals surface area contributed by atoms with E-state index in [9.17, 15) is 8.42 Å². The average molecular weight is 308 g/mol. The Labute approximate surface area is 125 Å². The molecule has 1 atom stereocenters. The fourth-order valence-corrected chi connectivity index (χ4v) is 3.49. The topological polar surface area (TPSA) is 79.2 Å². The molecule has 0 aromatic heterocycles. The van der Waals surface area contributed by atoms with Crippen molar-refractivity contribution in [3.63, 3.8) is 0 Å². The van der Waals surface area contributed by atoms with Crippen LogP contribution in [0.5, 0.6) is 0 Å². The molecule has 1 saturated heterocycles. The van der Waals surface area contributed by atoms with Crippen LogP contribution < -0.4 is 5.32 Å². The maximum absolute atomic E-state index is 12.1. The van der Waals surface area contributed by atoms with Crippen molar-refractivity contribution in [2.24, 2.45) is 0 Å². The lowest BCUT2D eigenvalue weighted by Crippen LogP contribution is -2.34. The van der Waals surface area contributed by atoms with E-state index >= 15 is 0 Å². The number of ether oxygens (including phenoxy) is 1. The van der Waals surface area contributed by atoms with Gasteiger partial charge in [0.15, 0.2) is 9.84 Å². The van der Waals surface area contributed by atoms with Crippen LogP contribution in [0.1, 0.15) is 24.8 Å². The van der Waals surface area contributed by atoms with Crippen LogP contribution in [-0.2, 0) is 14.6 Å². The number of nitrogens with zero attached hydrogens (tertiary/aromatic N) is 1. The van der Waals surface area contributed by atoms with Gasteiger partial charge in [-0.15, -0.1) is 0 Å². The maximum atomic E-state index is 12.1. The zero-order valence-electron chi connectivity index (χ0n) is 11.9. The number of hydrogen-bond acceptors (Lipinski definition) is 5. The minimum absolute atomic E-state index is 0.0472. The van der Waals surface area contributed by atoms with E-state index in [1.165, 1.54) is 30.7 Å². The Kier molecular flexibility index (Phi) is 5.74. The zero-order valence-corrected chi connectivity index (χ0v) is 12.7. The number of sulfone groups is 1. The normalized spacial score (nSPS) is 19.1. The zero-order chi connectivity index (χ0) is 15.1. The van der Waals surface area contributed by atoms with Gasteiger partial charge in [0.25, 0.3) is 0 Å². The van der Waals surface area contributed by atoms with Crippen LogP contribution >= 0.6 is 0 Å². The number of rotatable bonds is 6. The minimum atomic E-state index is -3.30. The van der Waals surface area contributed by atoms with Crippen molar-refractivity contribution in [2.75, 3.05) is 25.4 Å². The second-order valence-corrected chi connectivity index (χ2v) is 7.26. The van der Waals surface area contributed by atoms with E-state index < -0.39 is 9.84 Å². The Morgan fingerprint density at radius 1 is 1.29 bits per heavy atom. The van der Waals surface area contributed by atoms with Crippen molar-refractivity contribution in [3.8, 4) is 6.07 Å². The predicted molar refractivity (Wildman–Crippen MR) is 79.7 cm³/mol. The fourth-order valence-electron chi connectivity index (χ4n) is 2.29. The van der Waals surface area contributed by atoms with E-state index in [0.29, 0.717) is 18.7 Å². The molecule has 6 heteroatoms. The Morgan fingerprint density at radius 3 is 2.67 bits per heavy atom. The molecule has 0 aliphatic carbocycles. The molecule has 21 heavy (non-hydrogen) atoms. The molecule has 0 bridgehead atoms. The highest BCUT2D eigenvalue weighted by Crippen LogP contribution is 2.13. The lowest BCUT2D eigenvalue weighted by atomic mass is 10.1. The Hall–Kier alpha value is -1.42. The van der Waals surface area contributed by atoms with Crippen LogP contribution in [0.4, 0.5) is 0 Å². The molecular weight excluding hydrogens is 288 g/mol. The van der Waals surface area contributed by atoms with Crippen LogP contribution in [0.3, 0.4) is 0 Å². The first-order valence-electron chi connectivity index (χ1n) is 7.17. The molecule has 1 aliphatic rings. The molecule has 0 amide bonds. The van der Waals surface area contributed by atoms with Gasteiger partial charge in [-0.25, -0.2) is 8.42 Å². The van der Waals surface area contributed by atoms with Crippen LogP contribution in [0.15, 0.2) is 29.2 Å². The van der Waals surface area contributed by atoms with Crippen molar-refractivity contribution in [1.82, 2.24) is 5.32 Å². The maximum Gasteiger partial charge on any atom is 0.179 e. The Balaban J connectivity index is 1.79. The fraction of sp³-hybridized carbons (Fsp3) is 0.533.